The van der Waals surface area contributed by atoms with Gasteiger partial charge in [-0.15, -0.1) is 0 Å². The molecule has 104 valence electrons. The Bertz CT molecular complexity index is 586. The topological polar surface area (TPSA) is 52.2 Å². The van der Waals surface area contributed by atoms with Gasteiger partial charge in [0.15, 0.2) is 0 Å². The Labute approximate surface area is 118 Å². The van der Waals surface area contributed by atoms with E-state index in [2.05, 4.69) is 46.3 Å². The highest BCUT2D eigenvalue weighted by atomic mass is 16.2. The Morgan fingerprint density at radius 1 is 1.25 bits per heavy atom. The molecular weight excluding hydrogens is 252 g/mol. The number of aryl methyl sites for hydroxylation is 1. The normalized spacial score (nSPS) is 15.4. The number of piperazine rings is 1. The van der Waals surface area contributed by atoms with Crippen molar-refractivity contribution in [3.63, 3.8) is 0 Å². The second kappa shape index (κ2) is 5.36. The van der Waals surface area contributed by atoms with Gasteiger partial charge in [0.25, 0.3) is 5.91 Å². The third-order valence-electron chi connectivity index (χ3n) is 3.68. The lowest BCUT2D eigenvalue weighted by Crippen LogP contribution is -2.48. The number of hydrogen-bond acceptors (Lipinski definition) is 3. The first kappa shape index (κ1) is 12.7. The van der Waals surface area contributed by atoms with Gasteiger partial charge in [-0.25, -0.2) is 0 Å². The van der Waals surface area contributed by atoms with Crippen LogP contribution < -0.4 is 4.90 Å². The highest BCUT2D eigenvalue weighted by Crippen LogP contribution is 2.18. The molecule has 5 nitrogen and oxygen atoms in total. The Morgan fingerprint density at radius 2 is 2.05 bits per heavy atom. The maximum atomic E-state index is 12.2. The van der Waals surface area contributed by atoms with Gasteiger partial charge in [0.1, 0.15) is 0 Å². The van der Waals surface area contributed by atoms with Crippen LogP contribution in [0.15, 0.2) is 36.7 Å². The van der Waals surface area contributed by atoms with Crippen LogP contribution >= 0.6 is 0 Å². The Morgan fingerprint density at radius 3 is 2.70 bits per heavy atom. The predicted octanol–water partition coefficient (Wildman–Crippen LogP) is 1.68. The van der Waals surface area contributed by atoms with Crippen LogP contribution in [0.1, 0.15) is 15.9 Å². The van der Waals surface area contributed by atoms with Gasteiger partial charge in [0.2, 0.25) is 0 Å². The molecule has 1 N–H and O–H groups in total. The SMILES string of the molecule is Cc1cccc(N2CCN(C(=O)c3cn[nH]c3)CC2)c1. The number of nitrogens with one attached hydrogen (secondary N) is 1. The molecule has 1 amide bonds. The summed E-state index contributed by atoms with van der Waals surface area (Å²) in [5, 5.41) is 6.51. The minimum Gasteiger partial charge on any atom is -0.368 e. The van der Waals surface area contributed by atoms with E-state index in [9.17, 15) is 4.79 Å². The van der Waals surface area contributed by atoms with Crippen LogP contribution in [0.5, 0.6) is 0 Å². The van der Waals surface area contributed by atoms with E-state index >= 15 is 0 Å². The van der Waals surface area contributed by atoms with Crippen LogP contribution in [0.3, 0.4) is 0 Å². The predicted molar refractivity (Wildman–Crippen MR) is 77.9 cm³/mol. The number of anilines is 1. The van der Waals surface area contributed by atoms with Crippen molar-refractivity contribution >= 4 is 11.6 Å². The van der Waals surface area contributed by atoms with Crippen LogP contribution in [0.2, 0.25) is 0 Å². The first-order valence-corrected chi connectivity index (χ1v) is 6.84. The van der Waals surface area contributed by atoms with Crippen LogP contribution in [-0.4, -0.2) is 47.2 Å². The number of benzene rings is 1. The number of H-pyrrole nitrogens is 1. The largest absolute Gasteiger partial charge is 0.368 e. The fraction of sp³-hybridized carbons (Fsp3) is 0.333. The summed E-state index contributed by atoms with van der Waals surface area (Å²) in [5.41, 5.74) is 3.13. The molecule has 1 saturated heterocycles. The van der Waals surface area contributed by atoms with Gasteiger partial charge >= 0.3 is 0 Å². The zero-order valence-corrected chi connectivity index (χ0v) is 11.5. The van der Waals surface area contributed by atoms with Crippen LogP contribution in [0, 0.1) is 6.92 Å². The molecule has 0 radical (unpaired) electrons. The lowest BCUT2D eigenvalue weighted by atomic mass is 10.2. The first-order valence-electron chi connectivity index (χ1n) is 6.84. The van der Waals surface area contributed by atoms with E-state index in [1.54, 1.807) is 12.4 Å². The van der Waals surface area contributed by atoms with E-state index in [1.807, 2.05) is 4.90 Å². The maximum Gasteiger partial charge on any atom is 0.257 e. The summed E-state index contributed by atoms with van der Waals surface area (Å²) in [6, 6.07) is 8.49. The van der Waals surface area contributed by atoms with Crippen molar-refractivity contribution in [2.45, 2.75) is 6.92 Å². The van der Waals surface area contributed by atoms with E-state index in [0.717, 1.165) is 26.2 Å². The second-order valence-electron chi connectivity index (χ2n) is 5.11. The smallest absolute Gasteiger partial charge is 0.257 e. The van der Waals surface area contributed by atoms with Crippen LogP contribution in [0.4, 0.5) is 5.69 Å². The van der Waals surface area contributed by atoms with E-state index in [-0.39, 0.29) is 5.91 Å². The Kier molecular flexibility index (Phi) is 3.41. The fourth-order valence-electron chi connectivity index (χ4n) is 2.54. The molecule has 0 aliphatic carbocycles. The van der Waals surface area contributed by atoms with Gasteiger partial charge in [0.05, 0.1) is 11.8 Å². The van der Waals surface area contributed by atoms with Gasteiger partial charge in [0, 0.05) is 38.1 Å². The zero-order valence-electron chi connectivity index (χ0n) is 11.5. The molecule has 1 aromatic heterocycles. The minimum absolute atomic E-state index is 0.0580. The van der Waals surface area contributed by atoms with Crippen molar-refractivity contribution in [1.29, 1.82) is 0 Å². The monoisotopic (exact) mass is 270 g/mol. The average Bonchev–Trinajstić information content (AvgIpc) is 3.01. The van der Waals surface area contributed by atoms with Gasteiger partial charge in [-0.3, -0.25) is 9.89 Å². The highest BCUT2D eigenvalue weighted by Gasteiger charge is 2.22. The molecule has 0 unspecified atom stereocenters. The molecule has 20 heavy (non-hydrogen) atoms. The quantitative estimate of drug-likeness (QED) is 0.903. The lowest BCUT2D eigenvalue weighted by Gasteiger charge is -2.36. The van der Waals surface area contributed by atoms with Crippen molar-refractivity contribution in [1.82, 2.24) is 15.1 Å². The molecule has 0 saturated carbocycles. The van der Waals surface area contributed by atoms with Gasteiger partial charge in [-0.1, -0.05) is 12.1 Å². The maximum absolute atomic E-state index is 12.2. The van der Waals surface area contributed by atoms with Crippen molar-refractivity contribution < 1.29 is 4.79 Å². The molecule has 2 heterocycles. The molecule has 1 fully saturated rings. The second-order valence-corrected chi connectivity index (χ2v) is 5.11. The number of rotatable bonds is 2. The number of carbonyl (C=O) groups excluding carboxylic acids is 1. The van der Waals surface area contributed by atoms with Crippen molar-refractivity contribution in [3.8, 4) is 0 Å². The number of aromatic nitrogens is 2. The number of carbonyl (C=O) groups is 1. The minimum atomic E-state index is 0.0580. The Hall–Kier alpha value is -2.30. The highest BCUT2D eigenvalue weighted by molar-refractivity contribution is 5.93. The summed E-state index contributed by atoms with van der Waals surface area (Å²) in [7, 11) is 0. The van der Waals surface area contributed by atoms with E-state index in [4.69, 9.17) is 0 Å². The third kappa shape index (κ3) is 2.52. The standard InChI is InChI=1S/C15H18N4O/c1-12-3-2-4-14(9-12)18-5-7-19(8-6-18)15(20)13-10-16-17-11-13/h2-4,9-11H,5-8H2,1H3,(H,16,17). The molecule has 5 heteroatoms. The van der Waals surface area contributed by atoms with Gasteiger partial charge < -0.3 is 9.80 Å². The Balaban J connectivity index is 1.64. The average molecular weight is 270 g/mol. The molecule has 1 aliphatic heterocycles. The number of amides is 1. The summed E-state index contributed by atoms with van der Waals surface area (Å²) in [5.74, 6) is 0.0580. The van der Waals surface area contributed by atoms with Crippen molar-refractivity contribution in [2.24, 2.45) is 0 Å². The number of aromatic amines is 1. The van der Waals surface area contributed by atoms with Crippen LogP contribution in [0.25, 0.3) is 0 Å². The van der Waals surface area contributed by atoms with Gasteiger partial charge in [-0.2, -0.15) is 5.10 Å². The first-order chi connectivity index (χ1) is 9.74. The van der Waals surface area contributed by atoms with Gasteiger partial charge in [-0.05, 0) is 24.6 Å². The zero-order chi connectivity index (χ0) is 13.9. The molecule has 1 aliphatic rings. The van der Waals surface area contributed by atoms with Crippen molar-refractivity contribution in [2.75, 3.05) is 31.1 Å². The lowest BCUT2D eigenvalue weighted by molar-refractivity contribution is 0.0747. The summed E-state index contributed by atoms with van der Waals surface area (Å²) < 4.78 is 0. The van der Waals surface area contributed by atoms with E-state index in [0.29, 0.717) is 5.56 Å². The van der Waals surface area contributed by atoms with E-state index in [1.165, 1.54) is 11.3 Å². The summed E-state index contributed by atoms with van der Waals surface area (Å²) >= 11 is 0. The molecule has 2 aromatic rings. The number of nitrogens with zero attached hydrogens (tertiary/aromatic N) is 3. The summed E-state index contributed by atoms with van der Waals surface area (Å²) in [6.45, 7) is 5.33. The summed E-state index contributed by atoms with van der Waals surface area (Å²) in [6.07, 6.45) is 3.23. The fourth-order valence-corrected chi connectivity index (χ4v) is 2.54. The summed E-state index contributed by atoms with van der Waals surface area (Å²) in [4.78, 5) is 16.4. The third-order valence-corrected chi connectivity index (χ3v) is 3.68. The molecule has 0 atom stereocenters. The molecule has 0 bridgehead atoms. The molecular formula is C15H18N4O. The van der Waals surface area contributed by atoms with Crippen molar-refractivity contribution in [3.05, 3.63) is 47.8 Å². The number of hydrogen-bond donors (Lipinski definition) is 1. The molecule has 1 aromatic carbocycles. The molecule has 0 spiro atoms. The van der Waals surface area contributed by atoms with E-state index < -0.39 is 0 Å². The molecule has 3 rings (SSSR count). The van der Waals surface area contributed by atoms with Crippen LogP contribution in [-0.2, 0) is 0 Å².